The van der Waals surface area contributed by atoms with Gasteiger partial charge in [0, 0.05) is 37.6 Å². The lowest BCUT2D eigenvalue weighted by molar-refractivity contribution is 0.418. The van der Waals surface area contributed by atoms with E-state index in [0.717, 1.165) is 25.9 Å². The van der Waals surface area contributed by atoms with Crippen molar-refractivity contribution in [1.82, 2.24) is 15.3 Å². The predicted octanol–water partition coefficient (Wildman–Crippen LogP) is 1.13. The summed E-state index contributed by atoms with van der Waals surface area (Å²) in [5, 5.41) is 3.45. The summed E-state index contributed by atoms with van der Waals surface area (Å²) in [6.45, 7) is 6.11. The molecule has 1 aromatic heterocycles. The summed E-state index contributed by atoms with van der Waals surface area (Å²) >= 11 is 0. The maximum absolute atomic E-state index is 11.8. The van der Waals surface area contributed by atoms with Gasteiger partial charge in [-0.15, -0.1) is 0 Å². The highest BCUT2D eigenvalue weighted by molar-refractivity contribution is 5.37. The fourth-order valence-corrected chi connectivity index (χ4v) is 2.41. The first kappa shape index (κ1) is 13.1. The number of nitrogens with one attached hydrogen (secondary N) is 2. The van der Waals surface area contributed by atoms with Crippen LogP contribution in [0.4, 0.5) is 5.82 Å². The molecule has 2 rings (SSSR count). The van der Waals surface area contributed by atoms with Crippen LogP contribution in [0.2, 0.25) is 0 Å². The topological polar surface area (TPSA) is 61.0 Å². The summed E-state index contributed by atoms with van der Waals surface area (Å²) < 4.78 is 0. The monoisotopic (exact) mass is 250 g/mol. The van der Waals surface area contributed by atoms with E-state index in [1.54, 1.807) is 12.4 Å². The van der Waals surface area contributed by atoms with Crippen molar-refractivity contribution in [2.24, 2.45) is 0 Å². The Morgan fingerprint density at radius 1 is 1.56 bits per heavy atom. The van der Waals surface area contributed by atoms with Crippen molar-refractivity contribution in [1.29, 1.82) is 0 Å². The minimum absolute atomic E-state index is 0.0889. The average Bonchev–Trinajstić information content (AvgIpc) is 2.37. The van der Waals surface area contributed by atoms with E-state index >= 15 is 0 Å². The third kappa shape index (κ3) is 3.10. The maximum Gasteiger partial charge on any atom is 0.290 e. The lowest BCUT2D eigenvalue weighted by Crippen LogP contribution is -2.49. The van der Waals surface area contributed by atoms with Gasteiger partial charge in [-0.2, -0.15) is 0 Å². The smallest absolute Gasteiger partial charge is 0.290 e. The third-order valence-corrected chi connectivity index (χ3v) is 3.35. The Hall–Kier alpha value is -1.36. The van der Waals surface area contributed by atoms with E-state index in [1.807, 2.05) is 0 Å². The lowest BCUT2D eigenvalue weighted by Gasteiger charge is -2.36. The van der Waals surface area contributed by atoms with Crippen LogP contribution in [-0.2, 0) is 0 Å². The number of anilines is 1. The van der Waals surface area contributed by atoms with Gasteiger partial charge in [0.05, 0.1) is 0 Å². The number of hydrogen-bond acceptors (Lipinski definition) is 4. The Morgan fingerprint density at radius 2 is 2.39 bits per heavy atom. The molecule has 100 valence electrons. The molecule has 0 bridgehead atoms. The van der Waals surface area contributed by atoms with Crippen LogP contribution in [0.3, 0.4) is 0 Å². The van der Waals surface area contributed by atoms with Gasteiger partial charge < -0.3 is 15.2 Å². The van der Waals surface area contributed by atoms with E-state index in [0.29, 0.717) is 17.9 Å². The van der Waals surface area contributed by atoms with Crippen LogP contribution in [0.5, 0.6) is 0 Å². The molecule has 1 aromatic rings. The molecule has 0 spiro atoms. The second-order valence-corrected chi connectivity index (χ2v) is 5.15. The van der Waals surface area contributed by atoms with Gasteiger partial charge in [0.15, 0.2) is 5.82 Å². The zero-order valence-electron chi connectivity index (χ0n) is 11.1. The van der Waals surface area contributed by atoms with E-state index in [2.05, 4.69) is 34.0 Å². The van der Waals surface area contributed by atoms with Crippen LogP contribution < -0.4 is 15.8 Å². The van der Waals surface area contributed by atoms with Crippen molar-refractivity contribution in [3.8, 4) is 0 Å². The Labute approximate surface area is 108 Å². The zero-order chi connectivity index (χ0) is 13.0. The highest BCUT2D eigenvalue weighted by atomic mass is 16.1. The SMILES string of the molecule is CC(C)NCC1CCCCN1c1ncc[nH]c1=O. The van der Waals surface area contributed by atoms with Crippen LogP contribution in [0, 0.1) is 0 Å². The summed E-state index contributed by atoms with van der Waals surface area (Å²) in [7, 11) is 0. The number of hydrogen-bond donors (Lipinski definition) is 2. The maximum atomic E-state index is 11.8. The number of nitrogens with zero attached hydrogens (tertiary/aromatic N) is 2. The molecule has 0 aromatic carbocycles. The van der Waals surface area contributed by atoms with Gasteiger partial charge in [-0.25, -0.2) is 4.98 Å². The quantitative estimate of drug-likeness (QED) is 0.841. The molecule has 18 heavy (non-hydrogen) atoms. The molecule has 0 saturated carbocycles. The Balaban J connectivity index is 2.13. The lowest BCUT2D eigenvalue weighted by atomic mass is 10.0. The summed E-state index contributed by atoms with van der Waals surface area (Å²) in [4.78, 5) is 20.9. The molecule has 5 nitrogen and oxygen atoms in total. The summed E-state index contributed by atoms with van der Waals surface area (Å²) in [6.07, 6.45) is 6.71. The van der Waals surface area contributed by atoms with Gasteiger partial charge in [-0.3, -0.25) is 4.79 Å². The molecule has 2 N–H and O–H groups in total. The highest BCUT2D eigenvalue weighted by Crippen LogP contribution is 2.19. The van der Waals surface area contributed by atoms with Crippen molar-refractivity contribution in [3.63, 3.8) is 0 Å². The van der Waals surface area contributed by atoms with E-state index < -0.39 is 0 Å². The Bertz CT molecular complexity index is 429. The molecule has 0 radical (unpaired) electrons. The van der Waals surface area contributed by atoms with Crippen LogP contribution in [0.1, 0.15) is 33.1 Å². The van der Waals surface area contributed by atoms with Gasteiger partial charge in [0.2, 0.25) is 0 Å². The first-order valence-electron chi connectivity index (χ1n) is 6.72. The number of aromatic nitrogens is 2. The van der Waals surface area contributed by atoms with Crippen LogP contribution in [0.25, 0.3) is 0 Å². The van der Waals surface area contributed by atoms with Gasteiger partial charge in [0.1, 0.15) is 0 Å². The molecule has 0 aliphatic carbocycles. The van der Waals surface area contributed by atoms with Gasteiger partial charge in [0.25, 0.3) is 5.56 Å². The van der Waals surface area contributed by atoms with Gasteiger partial charge >= 0.3 is 0 Å². The second-order valence-electron chi connectivity index (χ2n) is 5.15. The van der Waals surface area contributed by atoms with Crippen molar-refractivity contribution >= 4 is 5.82 Å². The number of aromatic amines is 1. The van der Waals surface area contributed by atoms with Gasteiger partial charge in [-0.1, -0.05) is 13.8 Å². The molecule has 0 amide bonds. The molecular formula is C13H22N4O. The molecule has 1 fully saturated rings. The van der Waals surface area contributed by atoms with Crippen molar-refractivity contribution in [2.75, 3.05) is 18.0 Å². The zero-order valence-corrected chi connectivity index (χ0v) is 11.1. The summed E-state index contributed by atoms with van der Waals surface area (Å²) in [5.41, 5.74) is -0.0889. The largest absolute Gasteiger partial charge is 0.348 e. The fourth-order valence-electron chi connectivity index (χ4n) is 2.41. The highest BCUT2D eigenvalue weighted by Gasteiger charge is 2.25. The number of rotatable bonds is 4. The first-order chi connectivity index (χ1) is 8.68. The standard InChI is InChI=1S/C13H22N4O/c1-10(2)16-9-11-5-3-4-8-17(11)12-13(18)15-7-6-14-12/h6-7,10-11,16H,3-5,8-9H2,1-2H3,(H,15,18). The van der Waals surface area contributed by atoms with Crippen LogP contribution in [-0.4, -0.2) is 35.1 Å². The van der Waals surface area contributed by atoms with E-state index in [1.165, 1.54) is 6.42 Å². The molecule has 1 aliphatic heterocycles. The minimum Gasteiger partial charge on any atom is -0.348 e. The summed E-state index contributed by atoms with van der Waals surface area (Å²) in [6, 6.07) is 0.841. The van der Waals surface area contributed by atoms with Crippen molar-refractivity contribution < 1.29 is 0 Å². The van der Waals surface area contributed by atoms with Crippen molar-refractivity contribution in [2.45, 2.75) is 45.2 Å². The molecule has 2 heterocycles. The molecule has 5 heteroatoms. The van der Waals surface area contributed by atoms with E-state index in [4.69, 9.17) is 0 Å². The average molecular weight is 250 g/mol. The normalized spacial score (nSPS) is 20.4. The Morgan fingerprint density at radius 3 is 3.11 bits per heavy atom. The number of piperidine rings is 1. The molecule has 1 aliphatic rings. The van der Waals surface area contributed by atoms with Crippen molar-refractivity contribution in [3.05, 3.63) is 22.7 Å². The first-order valence-corrected chi connectivity index (χ1v) is 6.72. The summed E-state index contributed by atoms with van der Waals surface area (Å²) in [5.74, 6) is 0.563. The van der Waals surface area contributed by atoms with E-state index in [9.17, 15) is 4.79 Å². The molecule has 1 saturated heterocycles. The second kappa shape index (κ2) is 6.00. The van der Waals surface area contributed by atoms with Crippen LogP contribution >= 0.6 is 0 Å². The molecule has 1 unspecified atom stereocenters. The van der Waals surface area contributed by atoms with Crippen LogP contribution in [0.15, 0.2) is 17.2 Å². The third-order valence-electron chi connectivity index (χ3n) is 3.35. The fraction of sp³-hybridized carbons (Fsp3) is 0.692. The van der Waals surface area contributed by atoms with E-state index in [-0.39, 0.29) is 5.56 Å². The predicted molar refractivity (Wildman–Crippen MR) is 73.0 cm³/mol. The van der Waals surface area contributed by atoms with Gasteiger partial charge in [-0.05, 0) is 19.3 Å². The minimum atomic E-state index is -0.0889. The number of H-pyrrole nitrogens is 1. The molecular weight excluding hydrogens is 228 g/mol. The molecule has 1 atom stereocenters. The Kier molecular flexibility index (Phi) is 4.36.